The van der Waals surface area contributed by atoms with Crippen molar-refractivity contribution in [1.82, 2.24) is 10.2 Å². The van der Waals surface area contributed by atoms with Gasteiger partial charge in [-0.3, -0.25) is 9.59 Å². The predicted molar refractivity (Wildman–Crippen MR) is 80.3 cm³/mol. The van der Waals surface area contributed by atoms with Crippen LogP contribution in [0, 0.1) is 0 Å². The van der Waals surface area contributed by atoms with Crippen LogP contribution in [0.15, 0.2) is 24.3 Å². The number of halogens is 1. The molecule has 1 aromatic rings. The molecule has 6 heteroatoms. The molecular weight excluding hydrogens is 292 g/mol. The van der Waals surface area contributed by atoms with Crippen LogP contribution >= 0.6 is 11.6 Å². The van der Waals surface area contributed by atoms with E-state index in [-0.39, 0.29) is 11.8 Å². The van der Waals surface area contributed by atoms with Crippen molar-refractivity contribution in [2.45, 2.75) is 32.4 Å². The van der Waals surface area contributed by atoms with E-state index in [9.17, 15) is 9.59 Å². The number of nitrogens with zero attached hydrogens (tertiary/aromatic N) is 1. The molecule has 1 fully saturated rings. The van der Waals surface area contributed by atoms with E-state index in [0.29, 0.717) is 23.9 Å². The Balaban J connectivity index is 2.08. The molecule has 114 valence electrons. The first-order chi connectivity index (χ1) is 9.82. The van der Waals surface area contributed by atoms with Crippen LogP contribution in [0.25, 0.3) is 0 Å². The molecule has 1 aliphatic rings. The number of hydrogen-bond donors (Lipinski definition) is 1. The molecule has 0 spiro atoms. The Hall–Kier alpha value is -1.75. The van der Waals surface area contributed by atoms with Crippen molar-refractivity contribution < 1.29 is 14.3 Å². The predicted octanol–water partition coefficient (Wildman–Crippen LogP) is 1.84. The Bertz CT molecular complexity index is 542. The third-order valence-corrected chi connectivity index (χ3v) is 3.84. The van der Waals surface area contributed by atoms with Crippen LogP contribution in [0.2, 0.25) is 5.02 Å². The van der Waals surface area contributed by atoms with Crippen LogP contribution in [-0.2, 0) is 9.59 Å². The molecule has 1 unspecified atom stereocenters. The second-order valence-corrected chi connectivity index (χ2v) is 5.96. The summed E-state index contributed by atoms with van der Waals surface area (Å²) >= 11 is 5.81. The van der Waals surface area contributed by atoms with E-state index in [1.54, 1.807) is 49.9 Å². The highest BCUT2D eigenvalue weighted by Gasteiger charge is 2.42. The number of rotatable bonds is 3. The van der Waals surface area contributed by atoms with Gasteiger partial charge in [0, 0.05) is 18.1 Å². The lowest BCUT2D eigenvalue weighted by Gasteiger charge is -2.42. The van der Waals surface area contributed by atoms with Gasteiger partial charge in [-0.25, -0.2) is 0 Å². The number of nitrogens with one attached hydrogen (secondary N) is 1. The quantitative estimate of drug-likeness (QED) is 0.927. The summed E-state index contributed by atoms with van der Waals surface area (Å²) < 4.78 is 5.63. The van der Waals surface area contributed by atoms with Gasteiger partial charge in [0.15, 0.2) is 6.10 Å². The third kappa shape index (κ3) is 3.29. The molecule has 2 amide bonds. The molecular formula is C15H19ClN2O3. The van der Waals surface area contributed by atoms with E-state index in [1.165, 1.54) is 0 Å². The summed E-state index contributed by atoms with van der Waals surface area (Å²) in [6.45, 7) is 6.08. The van der Waals surface area contributed by atoms with E-state index in [2.05, 4.69) is 5.32 Å². The Kier molecular flexibility index (Phi) is 4.42. The van der Waals surface area contributed by atoms with Crippen molar-refractivity contribution in [3.8, 4) is 5.75 Å². The highest BCUT2D eigenvalue weighted by Crippen LogP contribution is 2.21. The summed E-state index contributed by atoms with van der Waals surface area (Å²) in [4.78, 5) is 26.0. The summed E-state index contributed by atoms with van der Waals surface area (Å²) in [5.41, 5.74) is -0.868. The maximum Gasteiger partial charge on any atom is 0.264 e. The van der Waals surface area contributed by atoms with E-state index in [4.69, 9.17) is 16.3 Å². The Morgan fingerprint density at radius 2 is 2.00 bits per heavy atom. The number of amides is 2. The van der Waals surface area contributed by atoms with E-state index in [1.807, 2.05) is 0 Å². The SMILES string of the molecule is CC(Oc1ccc(Cl)cc1)C(=O)N1CCNC(=O)C1(C)C. The minimum atomic E-state index is -0.868. The maximum absolute atomic E-state index is 12.5. The standard InChI is InChI=1S/C15H19ClN2O3/c1-10(21-12-6-4-11(16)5-7-12)13(19)18-9-8-17-14(20)15(18,2)3/h4-7,10H,8-9H2,1-3H3,(H,17,20). The number of piperazine rings is 1. The van der Waals surface area contributed by atoms with Gasteiger partial charge in [-0.15, -0.1) is 0 Å². The molecule has 1 N–H and O–H groups in total. The molecule has 2 rings (SSSR count). The summed E-state index contributed by atoms with van der Waals surface area (Å²) in [5, 5.41) is 3.37. The smallest absolute Gasteiger partial charge is 0.264 e. The van der Waals surface area contributed by atoms with Crippen molar-refractivity contribution in [1.29, 1.82) is 0 Å². The van der Waals surface area contributed by atoms with E-state index < -0.39 is 11.6 Å². The summed E-state index contributed by atoms with van der Waals surface area (Å²) in [6, 6.07) is 6.82. The van der Waals surface area contributed by atoms with Crippen LogP contribution < -0.4 is 10.1 Å². The fourth-order valence-electron chi connectivity index (χ4n) is 2.27. The van der Waals surface area contributed by atoms with Gasteiger partial charge < -0.3 is 15.0 Å². The van der Waals surface area contributed by atoms with Crippen LogP contribution in [0.1, 0.15) is 20.8 Å². The second-order valence-electron chi connectivity index (χ2n) is 5.52. The minimum absolute atomic E-state index is 0.152. The average molecular weight is 311 g/mol. The number of hydrogen-bond acceptors (Lipinski definition) is 3. The van der Waals surface area contributed by atoms with Crippen molar-refractivity contribution in [2.24, 2.45) is 0 Å². The lowest BCUT2D eigenvalue weighted by molar-refractivity contribution is -0.153. The van der Waals surface area contributed by atoms with Gasteiger partial charge in [0.2, 0.25) is 5.91 Å². The molecule has 1 atom stereocenters. The first-order valence-electron chi connectivity index (χ1n) is 6.84. The lowest BCUT2D eigenvalue weighted by Crippen LogP contribution is -2.65. The molecule has 0 bridgehead atoms. The zero-order valence-electron chi connectivity index (χ0n) is 12.4. The average Bonchev–Trinajstić information content (AvgIpc) is 2.43. The van der Waals surface area contributed by atoms with Crippen molar-refractivity contribution in [3.05, 3.63) is 29.3 Å². The van der Waals surface area contributed by atoms with E-state index >= 15 is 0 Å². The van der Waals surface area contributed by atoms with Gasteiger partial charge in [-0.1, -0.05) is 11.6 Å². The molecule has 0 aliphatic carbocycles. The largest absolute Gasteiger partial charge is 0.481 e. The zero-order chi connectivity index (χ0) is 15.6. The molecule has 1 heterocycles. The van der Waals surface area contributed by atoms with Crippen LogP contribution in [0.3, 0.4) is 0 Å². The number of carbonyl (C=O) groups excluding carboxylic acids is 2. The molecule has 1 aromatic carbocycles. The zero-order valence-corrected chi connectivity index (χ0v) is 13.1. The number of benzene rings is 1. The summed E-state index contributed by atoms with van der Waals surface area (Å²) in [6.07, 6.45) is -0.670. The van der Waals surface area contributed by atoms with Crippen molar-refractivity contribution in [2.75, 3.05) is 13.1 Å². The molecule has 21 heavy (non-hydrogen) atoms. The van der Waals surface area contributed by atoms with Gasteiger partial charge in [0.25, 0.3) is 5.91 Å². The summed E-state index contributed by atoms with van der Waals surface area (Å²) in [5.74, 6) is 0.213. The second kappa shape index (κ2) is 5.93. The Labute approximate surface area is 129 Å². The topological polar surface area (TPSA) is 58.6 Å². The van der Waals surface area contributed by atoms with Crippen molar-refractivity contribution >= 4 is 23.4 Å². The van der Waals surface area contributed by atoms with Gasteiger partial charge in [0.05, 0.1) is 0 Å². The van der Waals surface area contributed by atoms with Crippen molar-refractivity contribution in [3.63, 3.8) is 0 Å². The lowest BCUT2D eigenvalue weighted by atomic mass is 9.98. The summed E-state index contributed by atoms with van der Waals surface area (Å²) in [7, 11) is 0. The highest BCUT2D eigenvalue weighted by molar-refractivity contribution is 6.30. The molecule has 0 saturated carbocycles. The van der Waals surface area contributed by atoms with Gasteiger partial charge in [-0.05, 0) is 45.0 Å². The normalized spacial score (nSPS) is 18.9. The maximum atomic E-state index is 12.5. The molecule has 0 aromatic heterocycles. The van der Waals surface area contributed by atoms with Crippen LogP contribution in [0.4, 0.5) is 0 Å². The van der Waals surface area contributed by atoms with E-state index in [0.717, 1.165) is 0 Å². The Morgan fingerprint density at radius 3 is 2.62 bits per heavy atom. The first-order valence-corrected chi connectivity index (χ1v) is 7.22. The molecule has 1 aliphatic heterocycles. The highest BCUT2D eigenvalue weighted by atomic mass is 35.5. The first kappa shape index (κ1) is 15.6. The fourth-order valence-corrected chi connectivity index (χ4v) is 2.40. The number of ether oxygens (including phenoxy) is 1. The van der Waals surface area contributed by atoms with Gasteiger partial charge in [0.1, 0.15) is 11.3 Å². The fraction of sp³-hybridized carbons (Fsp3) is 0.467. The molecule has 0 radical (unpaired) electrons. The molecule has 5 nitrogen and oxygen atoms in total. The third-order valence-electron chi connectivity index (χ3n) is 3.59. The molecule has 1 saturated heterocycles. The van der Waals surface area contributed by atoms with Crippen LogP contribution in [0.5, 0.6) is 5.75 Å². The Morgan fingerprint density at radius 1 is 1.38 bits per heavy atom. The van der Waals surface area contributed by atoms with Crippen LogP contribution in [-0.4, -0.2) is 41.4 Å². The minimum Gasteiger partial charge on any atom is -0.481 e. The monoisotopic (exact) mass is 310 g/mol. The van der Waals surface area contributed by atoms with Gasteiger partial charge >= 0.3 is 0 Å². The van der Waals surface area contributed by atoms with Gasteiger partial charge in [-0.2, -0.15) is 0 Å². The number of carbonyl (C=O) groups is 2.